The molecule has 2 aromatic heterocycles. The molecule has 2 atom stereocenters. The second kappa shape index (κ2) is 10.4. The number of aryl methyl sites for hydroxylation is 1. The van der Waals surface area contributed by atoms with Crippen LogP contribution >= 0.6 is 0 Å². The maximum absolute atomic E-state index is 13.1. The van der Waals surface area contributed by atoms with Gasteiger partial charge >= 0.3 is 0 Å². The van der Waals surface area contributed by atoms with Gasteiger partial charge in [0.15, 0.2) is 5.82 Å². The molecule has 1 saturated heterocycles. The summed E-state index contributed by atoms with van der Waals surface area (Å²) in [6.07, 6.45) is 4.97. The maximum atomic E-state index is 13.1. The topological polar surface area (TPSA) is 88.9 Å². The van der Waals surface area contributed by atoms with Gasteiger partial charge in [-0.15, -0.1) is 5.10 Å². The molecule has 4 rings (SSSR count). The molecule has 0 radical (unpaired) electrons. The Morgan fingerprint density at radius 1 is 1.26 bits per heavy atom. The fraction of sp³-hybridized carbons (Fsp3) is 0.615. The highest BCUT2D eigenvalue weighted by Gasteiger charge is 2.32. The summed E-state index contributed by atoms with van der Waals surface area (Å²) >= 11 is 0. The third kappa shape index (κ3) is 5.08. The number of hydrogen-bond donors (Lipinski definition) is 1. The number of nitrogens with one attached hydrogen (secondary N) is 1. The van der Waals surface area contributed by atoms with E-state index in [1.807, 2.05) is 16.8 Å². The summed E-state index contributed by atoms with van der Waals surface area (Å²) in [5, 5.41) is 13.9. The highest BCUT2D eigenvalue weighted by atomic mass is 16.5. The van der Waals surface area contributed by atoms with Crippen molar-refractivity contribution < 1.29 is 4.74 Å². The van der Waals surface area contributed by atoms with Gasteiger partial charge in [-0.3, -0.25) is 9.69 Å². The number of pyridine rings is 1. The van der Waals surface area contributed by atoms with E-state index in [9.17, 15) is 4.79 Å². The van der Waals surface area contributed by atoms with Gasteiger partial charge in [-0.05, 0) is 85.5 Å². The molecule has 0 spiro atoms. The maximum Gasteiger partial charge on any atom is 0.252 e. The van der Waals surface area contributed by atoms with Crippen molar-refractivity contribution in [1.82, 2.24) is 30.1 Å². The summed E-state index contributed by atoms with van der Waals surface area (Å²) in [5.41, 5.74) is 2.65. The fourth-order valence-electron chi connectivity index (χ4n) is 4.80. The molecular formula is C26H38N6O2. The second-order valence-electron chi connectivity index (χ2n) is 10.0. The van der Waals surface area contributed by atoms with Gasteiger partial charge in [-0.2, -0.15) is 0 Å². The van der Waals surface area contributed by atoms with Gasteiger partial charge in [0.25, 0.3) is 5.56 Å². The lowest BCUT2D eigenvalue weighted by molar-refractivity contribution is 0.0475. The van der Waals surface area contributed by atoms with Crippen LogP contribution < -0.4 is 5.56 Å². The molecule has 1 aromatic carbocycles. The minimum atomic E-state index is -0.196. The van der Waals surface area contributed by atoms with Crippen molar-refractivity contribution in [3.63, 3.8) is 0 Å². The average molecular weight is 467 g/mol. The van der Waals surface area contributed by atoms with Crippen molar-refractivity contribution in [3.05, 3.63) is 51.6 Å². The Morgan fingerprint density at radius 2 is 2.09 bits per heavy atom. The van der Waals surface area contributed by atoms with Crippen molar-refractivity contribution in [2.24, 2.45) is 0 Å². The number of aromatic nitrogens is 5. The highest BCUT2D eigenvalue weighted by Crippen LogP contribution is 2.30. The number of H-pyrrole nitrogens is 1. The zero-order chi connectivity index (χ0) is 24.3. The second-order valence-corrected chi connectivity index (χ2v) is 10.0. The van der Waals surface area contributed by atoms with Gasteiger partial charge in [0.1, 0.15) is 0 Å². The molecule has 0 unspecified atom stereocenters. The quantitative estimate of drug-likeness (QED) is 0.478. The van der Waals surface area contributed by atoms with E-state index in [4.69, 9.17) is 4.74 Å². The van der Waals surface area contributed by atoms with Crippen molar-refractivity contribution >= 4 is 10.9 Å². The number of fused-ring (bicyclic) bond motifs is 1. The monoisotopic (exact) mass is 466 g/mol. The van der Waals surface area contributed by atoms with E-state index in [-0.39, 0.29) is 23.2 Å². The number of rotatable bonds is 10. The third-order valence-corrected chi connectivity index (χ3v) is 7.29. The molecule has 1 aliphatic rings. The molecule has 1 fully saturated rings. The van der Waals surface area contributed by atoms with E-state index < -0.39 is 0 Å². The molecule has 1 N–H and O–H groups in total. The molecule has 0 bridgehead atoms. The van der Waals surface area contributed by atoms with E-state index in [2.05, 4.69) is 72.2 Å². The molecule has 0 aliphatic carbocycles. The Bertz CT molecular complexity index is 1160. The van der Waals surface area contributed by atoms with Crippen molar-refractivity contribution in [2.75, 3.05) is 13.2 Å². The Morgan fingerprint density at radius 3 is 2.76 bits per heavy atom. The Labute approximate surface area is 201 Å². The molecule has 8 nitrogen and oxygen atoms in total. The van der Waals surface area contributed by atoms with Crippen molar-refractivity contribution in [3.8, 4) is 0 Å². The number of nitrogens with zero attached hydrogens (tertiary/aromatic N) is 5. The molecule has 3 aromatic rings. The summed E-state index contributed by atoms with van der Waals surface area (Å²) < 4.78 is 7.96. The van der Waals surface area contributed by atoms with E-state index in [0.717, 1.165) is 67.5 Å². The first-order valence-electron chi connectivity index (χ1n) is 12.7. The first-order valence-corrected chi connectivity index (χ1v) is 12.7. The fourth-order valence-corrected chi connectivity index (χ4v) is 4.80. The van der Waals surface area contributed by atoms with Gasteiger partial charge < -0.3 is 9.72 Å². The first-order chi connectivity index (χ1) is 16.4. The zero-order valence-corrected chi connectivity index (χ0v) is 21.2. The SMILES string of the molecule is CCc1ccc2[nH]c(=O)c(CN(C[C@H]3CCCO3)[C@@H](CC)c3nnnn3C(C)(C)CC)cc2c1. The van der Waals surface area contributed by atoms with Crippen LogP contribution in [0.4, 0.5) is 0 Å². The van der Waals surface area contributed by atoms with Crippen LogP contribution in [-0.2, 0) is 23.2 Å². The number of hydrogen-bond acceptors (Lipinski definition) is 6. The van der Waals surface area contributed by atoms with E-state index in [1.165, 1.54) is 5.56 Å². The largest absolute Gasteiger partial charge is 0.377 e. The molecule has 8 heteroatoms. The van der Waals surface area contributed by atoms with Gasteiger partial charge in [-0.1, -0.05) is 26.8 Å². The van der Waals surface area contributed by atoms with Gasteiger partial charge in [0.05, 0.1) is 17.7 Å². The van der Waals surface area contributed by atoms with Gasteiger partial charge in [-0.25, -0.2) is 4.68 Å². The van der Waals surface area contributed by atoms with Crippen LogP contribution in [-0.4, -0.2) is 49.3 Å². The lowest BCUT2D eigenvalue weighted by atomic mass is 10.0. The van der Waals surface area contributed by atoms with Crippen molar-refractivity contribution in [2.45, 2.75) is 91.0 Å². The van der Waals surface area contributed by atoms with E-state index in [1.54, 1.807) is 0 Å². The van der Waals surface area contributed by atoms with E-state index in [0.29, 0.717) is 6.54 Å². The summed E-state index contributed by atoms with van der Waals surface area (Å²) in [6, 6.07) is 8.26. The molecule has 0 saturated carbocycles. The predicted octanol–water partition coefficient (Wildman–Crippen LogP) is 4.35. The van der Waals surface area contributed by atoms with Gasteiger partial charge in [0.2, 0.25) is 0 Å². The average Bonchev–Trinajstić information content (AvgIpc) is 3.52. The van der Waals surface area contributed by atoms with Crippen LogP contribution in [0.2, 0.25) is 0 Å². The van der Waals surface area contributed by atoms with Crippen LogP contribution in [0.1, 0.15) is 83.3 Å². The normalized spacial score (nSPS) is 17.6. The lowest BCUT2D eigenvalue weighted by Gasteiger charge is -2.34. The van der Waals surface area contributed by atoms with E-state index >= 15 is 0 Å². The number of benzene rings is 1. The van der Waals surface area contributed by atoms with Crippen LogP contribution in [0.25, 0.3) is 10.9 Å². The van der Waals surface area contributed by atoms with Crippen LogP contribution in [0.15, 0.2) is 29.1 Å². The lowest BCUT2D eigenvalue weighted by Crippen LogP contribution is -2.39. The van der Waals surface area contributed by atoms with Gasteiger partial charge in [0, 0.05) is 30.8 Å². The minimum absolute atomic E-state index is 0.0258. The Balaban J connectivity index is 1.72. The molecule has 184 valence electrons. The number of tetrazole rings is 1. The summed E-state index contributed by atoms with van der Waals surface area (Å²) in [7, 11) is 0. The standard InChI is InChI=1S/C26H38N6O2/c1-6-18-11-12-22-19(14-18)15-20(25(33)27-22)16-31(17-21-10-9-13-34-21)23(7-2)24-28-29-30-32(24)26(4,5)8-3/h11-12,14-15,21,23H,6-10,13,16-17H2,1-5H3,(H,27,33)/t21-,23+/m1/s1. The summed E-state index contributed by atoms with van der Waals surface area (Å²) in [6.45, 7) is 12.8. The Kier molecular flexibility index (Phi) is 7.48. The number of ether oxygens (including phenoxy) is 1. The predicted molar refractivity (Wildman–Crippen MR) is 134 cm³/mol. The molecule has 0 amide bonds. The molecule has 3 heterocycles. The van der Waals surface area contributed by atoms with Crippen LogP contribution in [0.3, 0.4) is 0 Å². The zero-order valence-electron chi connectivity index (χ0n) is 21.2. The summed E-state index contributed by atoms with van der Waals surface area (Å²) in [4.78, 5) is 18.5. The molecule has 1 aliphatic heterocycles. The first kappa shape index (κ1) is 24.5. The van der Waals surface area contributed by atoms with Crippen molar-refractivity contribution in [1.29, 1.82) is 0 Å². The minimum Gasteiger partial charge on any atom is -0.377 e. The van der Waals surface area contributed by atoms with Crippen LogP contribution in [0.5, 0.6) is 0 Å². The summed E-state index contributed by atoms with van der Waals surface area (Å²) in [5.74, 6) is 0.845. The highest BCUT2D eigenvalue weighted by molar-refractivity contribution is 5.79. The third-order valence-electron chi connectivity index (χ3n) is 7.29. The van der Waals surface area contributed by atoms with Crippen LogP contribution in [0, 0.1) is 0 Å². The smallest absolute Gasteiger partial charge is 0.252 e. The Hall–Kier alpha value is -2.58. The molecular weight excluding hydrogens is 428 g/mol. The molecule has 34 heavy (non-hydrogen) atoms. The number of aromatic amines is 1.